The van der Waals surface area contributed by atoms with E-state index in [1.165, 1.54) is 0 Å². The molecule has 1 aromatic rings. The average molecular weight is 223 g/mol. The monoisotopic (exact) mass is 223 g/mol. The van der Waals surface area contributed by atoms with Gasteiger partial charge in [0.2, 0.25) is 0 Å². The molecule has 88 valence electrons. The summed E-state index contributed by atoms with van der Waals surface area (Å²) in [5.41, 5.74) is 6.64. The van der Waals surface area contributed by atoms with E-state index >= 15 is 0 Å². The first-order valence-electron chi connectivity index (χ1n) is 5.13. The number of carboxylic acids is 1. The number of aliphatic carboxylic acids is 1. The average Bonchev–Trinajstić information content (AvgIpc) is 2.17. The van der Waals surface area contributed by atoms with Gasteiger partial charge < -0.3 is 10.8 Å². The van der Waals surface area contributed by atoms with Crippen molar-refractivity contribution >= 4 is 5.97 Å². The van der Waals surface area contributed by atoms with Gasteiger partial charge in [0.15, 0.2) is 0 Å². The van der Waals surface area contributed by atoms with Crippen LogP contribution in [-0.2, 0) is 11.3 Å². The summed E-state index contributed by atoms with van der Waals surface area (Å²) in [5.74, 6) is -0.862. The molecule has 16 heavy (non-hydrogen) atoms. The summed E-state index contributed by atoms with van der Waals surface area (Å²) < 4.78 is 0. The summed E-state index contributed by atoms with van der Waals surface area (Å²) >= 11 is 0. The first-order valence-corrected chi connectivity index (χ1v) is 5.13. The lowest BCUT2D eigenvalue weighted by Gasteiger charge is -2.19. The lowest BCUT2D eigenvalue weighted by molar-refractivity contribution is -0.137. The lowest BCUT2D eigenvalue weighted by Crippen LogP contribution is -2.36. The molecule has 0 amide bonds. The van der Waals surface area contributed by atoms with E-state index < -0.39 is 5.97 Å². The van der Waals surface area contributed by atoms with Gasteiger partial charge in [-0.1, -0.05) is 6.07 Å². The van der Waals surface area contributed by atoms with Crippen molar-refractivity contribution in [2.24, 2.45) is 5.73 Å². The van der Waals surface area contributed by atoms with Crippen LogP contribution in [0, 0.1) is 0 Å². The van der Waals surface area contributed by atoms with Crippen LogP contribution < -0.4 is 5.73 Å². The highest BCUT2D eigenvalue weighted by Gasteiger charge is 2.11. The number of nitrogens with zero attached hydrogens (tertiary/aromatic N) is 2. The van der Waals surface area contributed by atoms with Gasteiger partial charge in [0.05, 0.1) is 12.1 Å². The van der Waals surface area contributed by atoms with Crippen LogP contribution in [0.2, 0.25) is 0 Å². The van der Waals surface area contributed by atoms with Crippen LogP contribution in [0.25, 0.3) is 0 Å². The molecule has 0 saturated heterocycles. The number of nitrogens with two attached hydrogens (primary N) is 1. The summed E-state index contributed by atoms with van der Waals surface area (Å²) in [7, 11) is 1.90. The third kappa shape index (κ3) is 4.86. The standard InChI is InChI=1S/C11H17N3O2/c1-14(7-9(12)6-11(15)16)8-10-4-2-3-5-13-10/h2-5,9H,6-8,12H2,1H3,(H,15,16). The molecule has 0 aliphatic heterocycles. The van der Waals surface area contributed by atoms with Crippen LogP contribution in [0.4, 0.5) is 0 Å². The maximum absolute atomic E-state index is 10.4. The number of hydrogen-bond acceptors (Lipinski definition) is 4. The topological polar surface area (TPSA) is 79.5 Å². The van der Waals surface area contributed by atoms with Crippen LogP contribution >= 0.6 is 0 Å². The van der Waals surface area contributed by atoms with E-state index in [0.717, 1.165) is 5.69 Å². The van der Waals surface area contributed by atoms with E-state index in [4.69, 9.17) is 10.8 Å². The molecular weight excluding hydrogens is 206 g/mol. The SMILES string of the molecule is CN(Cc1ccccn1)CC(N)CC(=O)O. The van der Waals surface area contributed by atoms with Crippen LogP contribution in [0.3, 0.4) is 0 Å². The second kappa shape index (κ2) is 6.19. The fourth-order valence-electron chi connectivity index (χ4n) is 1.52. The Morgan fingerprint density at radius 2 is 2.38 bits per heavy atom. The van der Waals surface area contributed by atoms with E-state index in [-0.39, 0.29) is 12.5 Å². The van der Waals surface area contributed by atoms with Gasteiger partial charge in [-0.05, 0) is 19.2 Å². The molecule has 0 bridgehead atoms. The van der Waals surface area contributed by atoms with Crippen molar-refractivity contribution in [2.45, 2.75) is 19.0 Å². The third-order valence-corrected chi connectivity index (χ3v) is 2.14. The van der Waals surface area contributed by atoms with Crippen LogP contribution in [0.1, 0.15) is 12.1 Å². The predicted octanol–water partition coefficient (Wildman–Crippen LogP) is 0.315. The molecule has 0 aliphatic rings. The number of rotatable bonds is 6. The van der Waals surface area contributed by atoms with E-state index in [2.05, 4.69) is 4.98 Å². The summed E-state index contributed by atoms with van der Waals surface area (Å²) in [6.45, 7) is 1.22. The summed E-state index contributed by atoms with van der Waals surface area (Å²) in [5, 5.41) is 8.58. The van der Waals surface area contributed by atoms with Gasteiger partial charge in [0.25, 0.3) is 0 Å². The van der Waals surface area contributed by atoms with E-state index in [1.807, 2.05) is 30.1 Å². The minimum Gasteiger partial charge on any atom is -0.481 e. The number of hydrogen-bond donors (Lipinski definition) is 2. The number of carbonyl (C=O) groups is 1. The molecule has 5 nitrogen and oxygen atoms in total. The van der Waals surface area contributed by atoms with Gasteiger partial charge in [0, 0.05) is 25.3 Å². The molecule has 1 aromatic heterocycles. The smallest absolute Gasteiger partial charge is 0.304 e. The fourth-order valence-corrected chi connectivity index (χ4v) is 1.52. The van der Waals surface area contributed by atoms with Gasteiger partial charge in [0.1, 0.15) is 0 Å². The zero-order chi connectivity index (χ0) is 12.0. The molecular formula is C11H17N3O2. The molecule has 0 saturated carbocycles. The van der Waals surface area contributed by atoms with Gasteiger partial charge in [-0.2, -0.15) is 0 Å². The van der Waals surface area contributed by atoms with Crippen LogP contribution in [0.5, 0.6) is 0 Å². The Morgan fingerprint density at radius 1 is 1.62 bits per heavy atom. The van der Waals surface area contributed by atoms with Crippen LogP contribution in [0.15, 0.2) is 24.4 Å². The largest absolute Gasteiger partial charge is 0.481 e. The fraction of sp³-hybridized carbons (Fsp3) is 0.455. The van der Waals surface area contributed by atoms with Crippen molar-refractivity contribution in [1.82, 2.24) is 9.88 Å². The molecule has 5 heteroatoms. The Labute approximate surface area is 94.9 Å². The minimum atomic E-state index is -0.862. The highest BCUT2D eigenvalue weighted by atomic mass is 16.4. The number of likely N-dealkylation sites (N-methyl/N-ethyl adjacent to an activating group) is 1. The quantitative estimate of drug-likeness (QED) is 0.726. The first kappa shape index (κ1) is 12.6. The van der Waals surface area contributed by atoms with Crippen molar-refractivity contribution in [3.8, 4) is 0 Å². The van der Waals surface area contributed by atoms with Gasteiger partial charge in [-0.25, -0.2) is 0 Å². The molecule has 1 unspecified atom stereocenters. The van der Waals surface area contributed by atoms with Crippen molar-refractivity contribution in [2.75, 3.05) is 13.6 Å². The van der Waals surface area contributed by atoms with Crippen molar-refractivity contribution in [1.29, 1.82) is 0 Å². The van der Waals surface area contributed by atoms with Gasteiger partial charge in [-0.15, -0.1) is 0 Å². The second-order valence-electron chi connectivity index (χ2n) is 3.88. The Balaban J connectivity index is 2.36. The Morgan fingerprint density at radius 3 is 2.94 bits per heavy atom. The maximum Gasteiger partial charge on any atom is 0.304 e. The third-order valence-electron chi connectivity index (χ3n) is 2.14. The maximum atomic E-state index is 10.4. The second-order valence-corrected chi connectivity index (χ2v) is 3.88. The normalized spacial score (nSPS) is 12.7. The molecule has 0 aliphatic carbocycles. The zero-order valence-electron chi connectivity index (χ0n) is 9.34. The first-order chi connectivity index (χ1) is 7.58. The number of pyridine rings is 1. The molecule has 0 fully saturated rings. The summed E-state index contributed by atoms with van der Waals surface area (Å²) in [4.78, 5) is 16.6. The van der Waals surface area contributed by atoms with Crippen LogP contribution in [-0.4, -0.2) is 40.6 Å². The van der Waals surface area contributed by atoms with Crippen molar-refractivity contribution < 1.29 is 9.90 Å². The highest BCUT2D eigenvalue weighted by molar-refractivity contribution is 5.67. The molecule has 1 atom stereocenters. The predicted molar refractivity (Wildman–Crippen MR) is 60.8 cm³/mol. The Hall–Kier alpha value is -1.46. The molecule has 0 spiro atoms. The van der Waals surface area contributed by atoms with E-state index in [9.17, 15) is 4.79 Å². The van der Waals surface area contributed by atoms with Crippen molar-refractivity contribution in [3.05, 3.63) is 30.1 Å². The Kier molecular flexibility index (Phi) is 4.88. The number of aromatic nitrogens is 1. The Bertz CT molecular complexity index is 329. The molecule has 0 aromatic carbocycles. The van der Waals surface area contributed by atoms with E-state index in [0.29, 0.717) is 13.1 Å². The molecule has 0 radical (unpaired) electrons. The molecule has 1 heterocycles. The number of carboxylic acid groups (broad SMARTS) is 1. The lowest BCUT2D eigenvalue weighted by atomic mass is 10.2. The van der Waals surface area contributed by atoms with Gasteiger partial charge in [-0.3, -0.25) is 14.7 Å². The van der Waals surface area contributed by atoms with Crippen molar-refractivity contribution in [3.63, 3.8) is 0 Å². The zero-order valence-corrected chi connectivity index (χ0v) is 9.34. The highest BCUT2D eigenvalue weighted by Crippen LogP contribution is 2.00. The summed E-state index contributed by atoms with van der Waals surface area (Å²) in [6, 6.07) is 5.37. The summed E-state index contributed by atoms with van der Waals surface area (Å²) in [6.07, 6.45) is 1.73. The van der Waals surface area contributed by atoms with Gasteiger partial charge >= 0.3 is 5.97 Å². The molecule has 1 rings (SSSR count). The molecule has 3 N–H and O–H groups in total. The minimum absolute atomic E-state index is 0.00738. The van der Waals surface area contributed by atoms with E-state index in [1.54, 1.807) is 6.20 Å².